The molecule has 154 valence electrons. The Morgan fingerprint density at radius 3 is 2.45 bits per heavy atom. The summed E-state index contributed by atoms with van der Waals surface area (Å²) in [6, 6.07) is 13.7. The average Bonchev–Trinajstić information content (AvgIpc) is 2.75. The van der Waals surface area contributed by atoms with E-state index >= 15 is 0 Å². The summed E-state index contributed by atoms with van der Waals surface area (Å²) in [6.45, 7) is 2.84. The molecule has 5 nitrogen and oxygen atoms in total. The molecule has 3 rings (SSSR count). The Kier molecular flexibility index (Phi) is 7.55. The summed E-state index contributed by atoms with van der Waals surface area (Å²) in [5.74, 6) is 1.23. The van der Waals surface area contributed by atoms with Gasteiger partial charge in [0, 0.05) is 36.8 Å². The minimum Gasteiger partial charge on any atom is -0.493 e. The van der Waals surface area contributed by atoms with Crippen molar-refractivity contribution in [1.82, 2.24) is 10.2 Å². The molecule has 1 amide bonds. The van der Waals surface area contributed by atoms with Gasteiger partial charge in [0.1, 0.15) is 0 Å². The molecule has 6 heteroatoms. The van der Waals surface area contributed by atoms with E-state index in [-0.39, 0.29) is 11.9 Å². The van der Waals surface area contributed by atoms with Crippen LogP contribution in [0.15, 0.2) is 48.5 Å². The molecule has 0 unspecified atom stereocenters. The number of hydrogen-bond acceptors (Lipinski definition) is 4. The molecule has 1 fully saturated rings. The maximum Gasteiger partial charge on any atom is 0.244 e. The number of methoxy groups -OCH3 is 2. The van der Waals surface area contributed by atoms with E-state index in [1.54, 1.807) is 26.4 Å². The molecule has 1 aliphatic rings. The van der Waals surface area contributed by atoms with Gasteiger partial charge < -0.3 is 14.8 Å². The van der Waals surface area contributed by atoms with Gasteiger partial charge in [-0.2, -0.15) is 0 Å². The summed E-state index contributed by atoms with van der Waals surface area (Å²) in [4.78, 5) is 14.7. The predicted octanol–water partition coefficient (Wildman–Crippen LogP) is 4.15. The molecule has 0 aliphatic carbocycles. The second-order valence-electron chi connectivity index (χ2n) is 7.13. The maximum atomic E-state index is 12.3. The molecule has 1 N–H and O–H groups in total. The Morgan fingerprint density at radius 2 is 1.79 bits per heavy atom. The highest BCUT2D eigenvalue weighted by Crippen LogP contribution is 2.28. The zero-order chi connectivity index (χ0) is 20.6. The van der Waals surface area contributed by atoms with E-state index in [1.165, 1.54) is 5.56 Å². The highest BCUT2D eigenvalue weighted by atomic mass is 35.5. The third-order valence-electron chi connectivity index (χ3n) is 5.09. The third kappa shape index (κ3) is 6.24. The van der Waals surface area contributed by atoms with Crippen molar-refractivity contribution in [3.05, 3.63) is 64.7 Å². The highest BCUT2D eigenvalue weighted by molar-refractivity contribution is 6.30. The number of benzene rings is 2. The normalized spacial score (nSPS) is 15.4. The van der Waals surface area contributed by atoms with Crippen LogP contribution in [-0.2, 0) is 11.3 Å². The van der Waals surface area contributed by atoms with E-state index in [9.17, 15) is 4.79 Å². The monoisotopic (exact) mass is 414 g/mol. The number of carbonyl (C=O) groups excluding carboxylic acids is 1. The molecule has 0 atom stereocenters. The summed E-state index contributed by atoms with van der Waals surface area (Å²) in [7, 11) is 3.19. The number of amides is 1. The van der Waals surface area contributed by atoms with Crippen molar-refractivity contribution in [2.45, 2.75) is 25.4 Å². The quantitative estimate of drug-likeness (QED) is 0.691. The highest BCUT2D eigenvalue weighted by Gasteiger charge is 2.20. The average molecular weight is 415 g/mol. The molecule has 0 radical (unpaired) electrons. The van der Waals surface area contributed by atoms with Crippen LogP contribution in [0.3, 0.4) is 0 Å². The molecule has 29 heavy (non-hydrogen) atoms. The summed E-state index contributed by atoms with van der Waals surface area (Å²) in [5, 5.41) is 3.87. The van der Waals surface area contributed by atoms with Crippen LogP contribution in [-0.4, -0.2) is 44.2 Å². The van der Waals surface area contributed by atoms with Crippen LogP contribution < -0.4 is 14.8 Å². The molecule has 2 aromatic carbocycles. The summed E-state index contributed by atoms with van der Waals surface area (Å²) in [6.07, 6.45) is 5.25. The molecule has 0 saturated carbocycles. The fraction of sp³-hybridized carbons (Fsp3) is 0.348. The van der Waals surface area contributed by atoms with Gasteiger partial charge in [-0.3, -0.25) is 9.69 Å². The molecular formula is C23H27ClN2O3. The molecule has 1 saturated heterocycles. The van der Waals surface area contributed by atoms with Gasteiger partial charge in [-0.1, -0.05) is 29.8 Å². The number of hydrogen-bond donors (Lipinski definition) is 1. The summed E-state index contributed by atoms with van der Waals surface area (Å²) in [5.41, 5.74) is 2.14. The van der Waals surface area contributed by atoms with E-state index < -0.39 is 0 Å². The summed E-state index contributed by atoms with van der Waals surface area (Å²) < 4.78 is 10.5. The van der Waals surface area contributed by atoms with Gasteiger partial charge >= 0.3 is 0 Å². The van der Waals surface area contributed by atoms with Crippen LogP contribution in [0.1, 0.15) is 24.0 Å². The van der Waals surface area contributed by atoms with Crippen molar-refractivity contribution in [3.8, 4) is 11.5 Å². The van der Waals surface area contributed by atoms with Crippen LogP contribution in [0.2, 0.25) is 5.02 Å². The number of ether oxygens (including phenoxy) is 2. The van der Waals surface area contributed by atoms with Gasteiger partial charge in [-0.05, 0) is 54.3 Å². The van der Waals surface area contributed by atoms with Crippen LogP contribution >= 0.6 is 11.6 Å². The Bertz CT molecular complexity index is 844. The zero-order valence-corrected chi connectivity index (χ0v) is 17.6. The Hall–Kier alpha value is -2.50. The maximum absolute atomic E-state index is 12.3. The van der Waals surface area contributed by atoms with Crippen molar-refractivity contribution < 1.29 is 14.3 Å². The predicted molar refractivity (Wildman–Crippen MR) is 116 cm³/mol. The van der Waals surface area contributed by atoms with Crippen LogP contribution in [0.4, 0.5) is 0 Å². The second-order valence-corrected chi connectivity index (χ2v) is 7.57. The van der Waals surface area contributed by atoms with Gasteiger partial charge in [0.25, 0.3) is 0 Å². The smallest absolute Gasteiger partial charge is 0.244 e. The van der Waals surface area contributed by atoms with Crippen molar-refractivity contribution in [1.29, 1.82) is 0 Å². The Balaban J connectivity index is 1.46. The SMILES string of the molecule is COc1ccc(/C=C/C(=O)NC2CCN(Cc3ccc(Cl)cc3)CC2)cc1OC. The molecule has 1 heterocycles. The lowest BCUT2D eigenvalue weighted by Crippen LogP contribution is -2.43. The number of likely N-dealkylation sites (tertiary alicyclic amines) is 1. The van der Waals surface area contributed by atoms with Gasteiger partial charge in [0.2, 0.25) is 5.91 Å². The molecule has 0 bridgehead atoms. The van der Waals surface area contributed by atoms with E-state index in [1.807, 2.05) is 30.3 Å². The molecule has 1 aliphatic heterocycles. The summed E-state index contributed by atoms with van der Waals surface area (Å²) >= 11 is 5.94. The van der Waals surface area contributed by atoms with Gasteiger partial charge in [0.15, 0.2) is 11.5 Å². The zero-order valence-electron chi connectivity index (χ0n) is 16.9. The minimum absolute atomic E-state index is 0.0732. The van der Waals surface area contributed by atoms with E-state index in [2.05, 4.69) is 22.3 Å². The lowest BCUT2D eigenvalue weighted by molar-refractivity contribution is -0.117. The lowest BCUT2D eigenvalue weighted by atomic mass is 10.0. The van der Waals surface area contributed by atoms with Crippen LogP contribution in [0.5, 0.6) is 11.5 Å². The number of piperidine rings is 1. The first-order valence-corrected chi connectivity index (χ1v) is 10.1. The molecule has 2 aromatic rings. The Morgan fingerprint density at radius 1 is 1.10 bits per heavy atom. The number of halogens is 1. The van der Waals surface area contributed by atoms with Crippen molar-refractivity contribution in [2.75, 3.05) is 27.3 Å². The fourth-order valence-electron chi connectivity index (χ4n) is 3.46. The fourth-order valence-corrected chi connectivity index (χ4v) is 3.59. The van der Waals surface area contributed by atoms with Crippen molar-refractivity contribution in [2.24, 2.45) is 0 Å². The largest absolute Gasteiger partial charge is 0.493 e. The third-order valence-corrected chi connectivity index (χ3v) is 5.34. The number of nitrogens with zero attached hydrogens (tertiary/aromatic N) is 1. The number of rotatable bonds is 7. The number of carbonyl (C=O) groups is 1. The first kappa shape index (κ1) is 21.2. The first-order chi connectivity index (χ1) is 14.1. The standard InChI is InChI=1S/C23H27ClN2O3/c1-28-21-9-5-17(15-22(21)29-2)6-10-23(27)25-20-11-13-26(14-12-20)16-18-3-7-19(24)8-4-18/h3-10,15,20H,11-14,16H2,1-2H3,(H,25,27)/b10-6+. The molecular weight excluding hydrogens is 388 g/mol. The van der Waals surface area contributed by atoms with Gasteiger partial charge in [0.05, 0.1) is 14.2 Å². The van der Waals surface area contributed by atoms with Crippen molar-refractivity contribution in [3.63, 3.8) is 0 Å². The van der Waals surface area contributed by atoms with Crippen LogP contribution in [0, 0.1) is 0 Å². The molecule has 0 aromatic heterocycles. The first-order valence-electron chi connectivity index (χ1n) is 9.75. The van der Waals surface area contributed by atoms with Gasteiger partial charge in [-0.25, -0.2) is 0 Å². The topological polar surface area (TPSA) is 50.8 Å². The molecule has 0 spiro atoms. The Labute approximate surface area is 177 Å². The second kappa shape index (κ2) is 10.3. The lowest BCUT2D eigenvalue weighted by Gasteiger charge is -2.32. The minimum atomic E-state index is -0.0732. The van der Waals surface area contributed by atoms with Gasteiger partial charge in [-0.15, -0.1) is 0 Å². The van der Waals surface area contributed by atoms with Crippen molar-refractivity contribution >= 4 is 23.6 Å². The van der Waals surface area contributed by atoms with Crippen LogP contribution in [0.25, 0.3) is 6.08 Å². The van der Waals surface area contributed by atoms with E-state index in [4.69, 9.17) is 21.1 Å². The number of nitrogens with one attached hydrogen (secondary N) is 1. The van der Waals surface area contributed by atoms with E-state index in [0.717, 1.165) is 43.1 Å². The van der Waals surface area contributed by atoms with E-state index in [0.29, 0.717) is 11.5 Å².